The Morgan fingerprint density at radius 2 is 1.79 bits per heavy atom. The van der Waals surface area contributed by atoms with E-state index < -0.39 is 0 Å². The number of piperidine rings is 1. The van der Waals surface area contributed by atoms with Crippen LogP contribution in [0.15, 0.2) is 24.3 Å². The maximum Gasteiger partial charge on any atom is 0.209 e. The monoisotopic (exact) mass is 260 g/mol. The molecule has 0 atom stereocenters. The lowest BCUT2D eigenvalue weighted by Gasteiger charge is -2.34. The summed E-state index contributed by atoms with van der Waals surface area (Å²) in [4.78, 5) is 10.9. The van der Waals surface area contributed by atoms with Crippen molar-refractivity contribution in [2.45, 2.75) is 31.1 Å². The van der Waals surface area contributed by atoms with Gasteiger partial charge in [-0.15, -0.1) is 0 Å². The van der Waals surface area contributed by atoms with Gasteiger partial charge >= 0.3 is 0 Å². The quantitative estimate of drug-likeness (QED) is 0.783. The van der Waals surface area contributed by atoms with E-state index in [1.54, 1.807) is 25.2 Å². The number of amides is 1. The van der Waals surface area contributed by atoms with Gasteiger partial charge in [-0.25, -0.2) is 0 Å². The maximum absolute atomic E-state index is 9.43. The van der Waals surface area contributed by atoms with Gasteiger partial charge in [0.15, 0.2) is 0 Å². The second-order valence-corrected chi connectivity index (χ2v) is 5.76. The zero-order valence-electron chi connectivity index (χ0n) is 12.0. The number of benzene rings is 1. The molecule has 1 fully saturated rings. The Morgan fingerprint density at radius 1 is 1.16 bits per heavy atom. The third-order valence-electron chi connectivity index (χ3n) is 4.23. The average Bonchev–Trinajstić information content (AvgIpc) is 2.80. The molecule has 0 bridgehead atoms. The molecule has 1 aliphatic heterocycles. The van der Waals surface area contributed by atoms with Crippen LogP contribution in [0.25, 0.3) is 0 Å². The third-order valence-corrected chi connectivity index (χ3v) is 4.23. The van der Waals surface area contributed by atoms with Crippen molar-refractivity contribution in [1.29, 1.82) is 0 Å². The summed E-state index contributed by atoms with van der Waals surface area (Å²) in [7, 11) is 3.38. The molecule has 0 saturated carbocycles. The summed E-state index contributed by atoms with van der Waals surface area (Å²) in [5.41, 5.74) is 3.80. The molecule has 0 aromatic heterocycles. The molecule has 0 unspecified atom stereocenters. The summed E-state index contributed by atoms with van der Waals surface area (Å²) in [6.07, 6.45) is 6.11. The highest BCUT2D eigenvalue weighted by molar-refractivity contribution is 5.45. The van der Waals surface area contributed by atoms with Gasteiger partial charge in [-0.1, -0.05) is 24.3 Å². The zero-order valence-corrected chi connectivity index (χ0v) is 12.0. The minimum atomic E-state index is 0.543. The number of carbonyl (C=O) groups is 1. The van der Waals surface area contributed by atoms with Gasteiger partial charge in [-0.3, -0.25) is 4.79 Å². The summed E-state index contributed by atoms with van der Waals surface area (Å²) in [5.74, 6) is 0. The molecule has 19 heavy (non-hydrogen) atoms. The van der Waals surface area contributed by atoms with Crippen molar-refractivity contribution >= 4 is 6.41 Å². The smallest absolute Gasteiger partial charge is 0.209 e. The summed E-state index contributed by atoms with van der Waals surface area (Å²) >= 11 is 0. The molecule has 1 amide bonds. The van der Waals surface area contributed by atoms with E-state index >= 15 is 0 Å². The lowest BCUT2D eigenvalue weighted by molar-refractivity contribution is -0.115. The molecule has 3 heteroatoms. The van der Waals surface area contributed by atoms with Crippen molar-refractivity contribution in [3.63, 3.8) is 0 Å². The highest BCUT2D eigenvalue weighted by Crippen LogP contribution is 2.44. The molecule has 1 N–H and O–H groups in total. The Kier molecular flexibility index (Phi) is 4.59. The highest BCUT2D eigenvalue weighted by Gasteiger charge is 2.38. The first-order chi connectivity index (χ1) is 9.18. The second kappa shape index (κ2) is 6.20. The van der Waals surface area contributed by atoms with Crippen molar-refractivity contribution in [1.82, 2.24) is 10.2 Å². The summed E-state index contributed by atoms with van der Waals surface area (Å²) in [6, 6.07) is 9.05. The normalized spacial score (nSPS) is 19.3. The van der Waals surface area contributed by atoms with Gasteiger partial charge in [0.25, 0.3) is 0 Å². The number of carbonyl (C=O) groups excluding carboxylic acids is 1. The Hall–Kier alpha value is -1.35. The van der Waals surface area contributed by atoms with Crippen molar-refractivity contribution in [2.75, 3.05) is 27.2 Å². The molecular weight excluding hydrogens is 236 g/mol. The lowest BCUT2D eigenvalue weighted by atomic mass is 9.74. The largest absolute Gasteiger partial charge is 0.351 e. The minimum Gasteiger partial charge on any atom is -0.351 e. The van der Waals surface area contributed by atoms with Crippen LogP contribution < -0.4 is 5.32 Å². The number of aryl methyl sites for hydroxylation is 1. The topological polar surface area (TPSA) is 32.3 Å². The number of nitrogens with one attached hydrogen (secondary N) is 1. The second-order valence-electron chi connectivity index (χ2n) is 5.76. The van der Waals surface area contributed by atoms with E-state index in [1.165, 1.54) is 43.7 Å². The Morgan fingerprint density at radius 3 is 2.42 bits per heavy atom. The van der Waals surface area contributed by atoms with Gasteiger partial charge in [0.1, 0.15) is 0 Å². The fourth-order valence-corrected chi connectivity index (χ4v) is 3.19. The van der Waals surface area contributed by atoms with Crippen molar-refractivity contribution in [2.24, 2.45) is 0 Å². The lowest BCUT2D eigenvalue weighted by Crippen LogP contribution is -2.38. The Labute approximate surface area is 116 Å². The molecule has 3 nitrogen and oxygen atoms in total. The van der Waals surface area contributed by atoms with Crippen LogP contribution in [-0.4, -0.2) is 38.5 Å². The fraction of sp³-hybridized carbons (Fsp3) is 0.562. The number of rotatable bonds is 1. The van der Waals surface area contributed by atoms with E-state index in [2.05, 4.69) is 29.6 Å². The predicted molar refractivity (Wildman–Crippen MR) is 78.3 cm³/mol. The molecule has 0 radical (unpaired) electrons. The fourth-order valence-electron chi connectivity index (χ4n) is 3.19. The SMILES string of the molecule is CN(C)C=O.c1ccc2c(c1)CCC21CCNCC1. The van der Waals surface area contributed by atoms with E-state index in [9.17, 15) is 4.79 Å². The van der Waals surface area contributed by atoms with Crippen LogP contribution >= 0.6 is 0 Å². The third kappa shape index (κ3) is 3.16. The zero-order chi connectivity index (χ0) is 13.7. The van der Waals surface area contributed by atoms with Gasteiger partial charge in [-0.05, 0) is 55.3 Å². The molecule has 1 heterocycles. The van der Waals surface area contributed by atoms with Crippen LogP contribution in [-0.2, 0) is 16.6 Å². The van der Waals surface area contributed by atoms with Gasteiger partial charge < -0.3 is 10.2 Å². The molecule has 3 rings (SSSR count). The molecule has 2 aliphatic rings. The molecule has 1 aliphatic carbocycles. The van der Waals surface area contributed by atoms with Crippen LogP contribution in [0.5, 0.6) is 0 Å². The van der Waals surface area contributed by atoms with Crippen LogP contribution in [0.1, 0.15) is 30.4 Å². The van der Waals surface area contributed by atoms with Gasteiger partial charge in [0.2, 0.25) is 6.41 Å². The summed E-state index contributed by atoms with van der Waals surface area (Å²) in [5, 5.41) is 3.47. The minimum absolute atomic E-state index is 0.543. The first-order valence-corrected chi connectivity index (χ1v) is 7.09. The van der Waals surface area contributed by atoms with Gasteiger partial charge in [0.05, 0.1) is 0 Å². The van der Waals surface area contributed by atoms with E-state index in [-0.39, 0.29) is 0 Å². The summed E-state index contributed by atoms with van der Waals surface area (Å²) in [6.45, 7) is 2.41. The standard InChI is InChI=1S/C13H17N.C3H7NO/c1-2-4-12-11(3-1)5-6-13(12)7-9-14-10-8-13;1-4(2)3-5/h1-4,14H,5-10H2;3H,1-2H3. The maximum atomic E-state index is 9.43. The first-order valence-electron chi connectivity index (χ1n) is 7.09. The molecule has 1 aromatic rings. The first kappa shape index (κ1) is 14.1. The van der Waals surface area contributed by atoms with Crippen molar-refractivity contribution in [3.05, 3.63) is 35.4 Å². The number of nitrogens with zero attached hydrogens (tertiary/aromatic N) is 1. The van der Waals surface area contributed by atoms with Gasteiger partial charge in [-0.2, -0.15) is 0 Å². The van der Waals surface area contributed by atoms with Crippen LogP contribution in [0.2, 0.25) is 0 Å². The summed E-state index contributed by atoms with van der Waals surface area (Å²) < 4.78 is 0. The van der Waals surface area contributed by atoms with Crippen LogP contribution in [0, 0.1) is 0 Å². The van der Waals surface area contributed by atoms with E-state index in [1.807, 2.05) is 0 Å². The molecule has 104 valence electrons. The van der Waals surface area contributed by atoms with Crippen molar-refractivity contribution in [3.8, 4) is 0 Å². The average molecular weight is 260 g/mol. The Bertz CT molecular complexity index is 417. The molecular formula is C16H24N2O. The molecule has 1 spiro atoms. The number of fused-ring (bicyclic) bond motifs is 2. The molecule has 1 saturated heterocycles. The Balaban J connectivity index is 0.000000232. The predicted octanol–water partition coefficient (Wildman–Crippen LogP) is 1.96. The van der Waals surface area contributed by atoms with Crippen LogP contribution in [0.4, 0.5) is 0 Å². The van der Waals surface area contributed by atoms with E-state index in [0.717, 1.165) is 6.41 Å². The van der Waals surface area contributed by atoms with Gasteiger partial charge in [0, 0.05) is 14.1 Å². The number of hydrogen-bond donors (Lipinski definition) is 1. The number of hydrogen-bond acceptors (Lipinski definition) is 2. The van der Waals surface area contributed by atoms with E-state index in [0.29, 0.717) is 5.41 Å². The molecule has 1 aromatic carbocycles. The highest BCUT2D eigenvalue weighted by atomic mass is 16.1. The van der Waals surface area contributed by atoms with Crippen LogP contribution in [0.3, 0.4) is 0 Å². The van der Waals surface area contributed by atoms with E-state index in [4.69, 9.17) is 0 Å². The van der Waals surface area contributed by atoms with Crippen molar-refractivity contribution < 1.29 is 4.79 Å².